The minimum Gasteiger partial charge on any atom is -0.465 e. The molecule has 42 heavy (non-hydrogen) atoms. The average molecular weight is 591 g/mol. The third-order valence-corrected chi connectivity index (χ3v) is 7.43. The zero-order valence-corrected chi connectivity index (χ0v) is 24.7. The Bertz CT molecular complexity index is 1740. The normalized spacial score (nSPS) is 14.4. The molecule has 0 saturated carbocycles. The van der Waals surface area contributed by atoms with Crippen molar-refractivity contribution < 1.29 is 23.8 Å². The van der Waals surface area contributed by atoms with Gasteiger partial charge in [0.15, 0.2) is 0 Å². The molecule has 0 aliphatic carbocycles. The Kier molecular flexibility index (Phi) is 7.59. The van der Waals surface area contributed by atoms with E-state index in [1.807, 2.05) is 45.9 Å². The number of anilines is 2. The van der Waals surface area contributed by atoms with Crippen LogP contribution in [-0.4, -0.2) is 39.5 Å². The molecule has 0 spiro atoms. The van der Waals surface area contributed by atoms with Crippen molar-refractivity contribution in [2.45, 2.75) is 52.1 Å². The number of hydrogen-bond donors (Lipinski definition) is 2. The van der Waals surface area contributed by atoms with Gasteiger partial charge in [-0.05, 0) is 82.5 Å². The molecule has 3 heterocycles. The maximum absolute atomic E-state index is 13.6. The lowest BCUT2D eigenvalue weighted by Gasteiger charge is -2.34. The number of rotatable bonds is 5. The Labute approximate surface area is 247 Å². The first-order chi connectivity index (χ1) is 19.9. The molecule has 1 aliphatic rings. The summed E-state index contributed by atoms with van der Waals surface area (Å²) in [4.78, 5) is 43.4. The second-order valence-corrected chi connectivity index (χ2v) is 11.5. The first-order valence-electron chi connectivity index (χ1n) is 13.4. The molecule has 5 rings (SSSR count). The monoisotopic (exact) mass is 590 g/mol. The molecule has 0 unspecified atom stereocenters. The van der Waals surface area contributed by atoms with E-state index in [4.69, 9.17) is 21.0 Å². The van der Waals surface area contributed by atoms with Gasteiger partial charge in [0.1, 0.15) is 17.5 Å². The Morgan fingerprint density at radius 3 is 2.48 bits per heavy atom. The molecule has 10 nitrogen and oxygen atoms in total. The molecule has 4 aromatic rings. The maximum Gasteiger partial charge on any atom is 0.412 e. The van der Waals surface area contributed by atoms with Crippen LogP contribution in [-0.2, 0) is 11.2 Å². The average Bonchev–Trinajstić information content (AvgIpc) is 3.52. The van der Waals surface area contributed by atoms with Crippen LogP contribution in [0.15, 0.2) is 63.8 Å². The molecule has 2 aromatic heterocycles. The van der Waals surface area contributed by atoms with E-state index < -0.39 is 23.8 Å². The predicted molar refractivity (Wildman–Crippen MR) is 161 cm³/mol. The molecule has 218 valence electrons. The SMILES string of the molecule is COC(=O)Nc1ccc(-c2nc([C@@H]3CCc4cc(-c5cc(Cl)ccc5N(C(=O)O)C(C)(C)C)cc(=O)n43)oc2C)cc1. The van der Waals surface area contributed by atoms with Crippen LogP contribution in [0.1, 0.15) is 50.6 Å². The second-order valence-electron chi connectivity index (χ2n) is 11.1. The lowest BCUT2D eigenvalue weighted by molar-refractivity contribution is 0.187. The highest BCUT2D eigenvalue weighted by molar-refractivity contribution is 6.31. The highest BCUT2D eigenvalue weighted by Gasteiger charge is 2.33. The summed E-state index contributed by atoms with van der Waals surface area (Å²) in [6.45, 7) is 7.24. The van der Waals surface area contributed by atoms with Crippen molar-refractivity contribution >= 4 is 35.2 Å². The Morgan fingerprint density at radius 1 is 1.12 bits per heavy atom. The molecule has 0 bridgehead atoms. The van der Waals surface area contributed by atoms with Crippen molar-refractivity contribution in [3.8, 4) is 22.4 Å². The number of carbonyl (C=O) groups is 2. The maximum atomic E-state index is 13.6. The first-order valence-corrected chi connectivity index (χ1v) is 13.8. The number of aryl methyl sites for hydroxylation is 2. The van der Waals surface area contributed by atoms with Gasteiger partial charge in [-0.1, -0.05) is 23.7 Å². The fourth-order valence-corrected chi connectivity index (χ4v) is 5.55. The molecule has 0 radical (unpaired) electrons. The van der Waals surface area contributed by atoms with E-state index in [2.05, 4.69) is 10.1 Å². The number of ether oxygens (including phenoxy) is 1. The summed E-state index contributed by atoms with van der Waals surface area (Å²) in [7, 11) is 1.30. The van der Waals surface area contributed by atoms with Gasteiger partial charge in [-0.3, -0.25) is 15.0 Å². The van der Waals surface area contributed by atoms with E-state index in [1.165, 1.54) is 18.1 Å². The standard InChI is InChI=1S/C31H31ClN4O6/c1-17-27(18-6-9-21(10-7-18)33-29(38)41-5)34-28(42-17)25-13-11-22-14-19(15-26(37)35(22)25)23-16-20(32)8-12-24(23)36(30(39)40)31(2,3)4/h6-10,12,14-16,25H,11,13H2,1-5H3,(H,33,38)(H,39,40)/t25-/m0/s1. The number of hydrogen-bond acceptors (Lipinski definition) is 6. The first kappa shape index (κ1) is 28.9. The summed E-state index contributed by atoms with van der Waals surface area (Å²) in [5.41, 5.74) is 3.43. The fourth-order valence-electron chi connectivity index (χ4n) is 5.38. The minimum atomic E-state index is -1.10. The van der Waals surface area contributed by atoms with Crippen LogP contribution in [0.3, 0.4) is 0 Å². The van der Waals surface area contributed by atoms with Crippen LogP contribution in [0.4, 0.5) is 21.0 Å². The molecule has 2 N–H and O–H groups in total. The van der Waals surface area contributed by atoms with Crippen molar-refractivity contribution in [3.63, 3.8) is 0 Å². The van der Waals surface area contributed by atoms with E-state index in [1.54, 1.807) is 34.9 Å². The summed E-state index contributed by atoms with van der Waals surface area (Å²) >= 11 is 6.34. The molecular formula is C31H31ClN4O6. The van der Waals surface area contributed by atoms with Gasteiger partial charge in [-0.15, -0.1) is 0 Å². The molecule has 1 atom stereocenters. The molecule has 0 saturated heterocycles. The van der Waals surface area contributed by atoms with Crippen LogP contribution in [0, 0.1) is 6.92 Å². The highest BCUT2D eigenvalue weighted by atomic mass is 35.5. The number of amides is 2. The van der Waals surface area contributed by atoms with Gasteiger partial charge in [-0.25, -0.2) is 14.6 Å². The van der Waals surface area contributed by atoms with Crippen molar-refractivity contribution in [3.05, 3.63) is 87.3 Å². The summed E-state index contributed by atoms with van der Waals surface area (Å²) in [5.74, 6) is 1.04. The largest absolute Gasteiger partial charge is 0.465 e. The Hall–Kier alpha value is -4.57. The van der Waals surface area contributed by atoms with Gasteiger partial charge < -0.3 is 18.8 Å². The number of oxazole rings is 1. The number of pyridine rings is 1. The summed E-state index contributed by atoms with van der Waals surface area (Å²) in [6, 6.07) is 15.1. The fraction of sp³-hybridized carbons (Fsp3) is 0.290. The van der Waals surface area contributed by atoms with Crippen LogP contribution < -0.4 is 15.8 Å². The van der Waals surface area contributed by atoms with Crippen molar-refractivity contribution in [2.24, 2.45) is 0 Å². The van der Waals surface area contributed by atoms with Gasteiger partial charge in [-0.2, -0.15) is 0 Å². The van der Waals surface area contributed by atoms with E-state index >= 15 is 0 Å². The third-order valence-electron chi connectivity index (χ3n) is 7.19. The van der Waals surface area contributed by atoms with Crippen LogP contribution >= 0.6 is 11.6 Å². The van der Waals surface area contributed by atoms with Crippen LogP contribution in [0.5, 0.6) is 0 Å². The number of benzene rings is 2. The van der Waals surface area contributed by atoms with Gasteiger partial charge in [0.25, 0.3) is 5.56 Å². The highest BCUT2D eigenvalue weighted by Crippen LogP contribution is 2.39. The van der Waals surface area contributed by atoms with Crippen molar-refractivity contribution in [2.75, 3.05) is 17.3 Å². The number of aromatic nitrogens is 2. The third kappa shape index (κ3) is 5.49. The van der Waals surface area contributed by atoms with E-state index in [-0.39, 0.29) is 5.56 Å². The minimum absolute atomic E-state index is 0.246. The molecule has 1 aliphatic heterocycles. The number of methoxy groups -OCH3 is 1. The van der Waals surface area contributed by atoms with E-state index in [0.29, 0.717) is 57.7 Å². The molecule has 2 amide bonds. The zero-order chi connectivity index (χ0) is 30.3. The van der Waals surface area contributed by atoms with Crippen molar-refractivity contribution in [1.82, 2.24) is 9.55 Å². The summed E-state index contributed by atoms with van der Waals surface area (Å²) in [6.07, 6.45) is -0.438. The van der Waals surface area contributed by atoms with E-state index in [0.717, 1.165) is 11.3 Å². The lowest BCUT2D eigenvalue weighted by Crippen LogP contribution is -2.45. The van der Waals surface area contributed by atoms with Crippen LogP contribution in [0.25, 0.3) is 22.4 Å². The van der Waals surface area contributed by atoms with Gasteiger partial charge in [0.2, 0.25) is 5.89 Å². The number of nitrogens with one attached hydrogen (secondary N) is 1. The number of nitrogens with zero attached hydrogens (tertiary/aromatic N) is 3. The van der Waals surface area contributed by atoms with Gasteiger partial charge >= 0.3 is 12.2 Å². The predicted octanol–water partition coefficient (Wildman–Crippen LogP) is 7.13. The zero-order valence-electron chi connectivity index (χ0n) is 23.9. The lowest BCUT2D eigenvalue weighted by atomic mass is 9.99. The summed E-state index contributed by atoms with van der Waals surface area (Å²) in [5, 5.41) is 13.1. The molecular weight excluding hydrogens is 560 g/mol. The number of carbonyl (C=O) groups excluding carboxylic acids is 1. The summed E-state index contributed by atoms with van der Waals surface area (Å²) < 4.78 is 12.4. The molecule has 2 aromatic carbocycles. The number of carboxylic acid groups (broad SMARTS) is 1. The van der Waals surface area contributed by atoms with Crippen LogP contribution in [0.2, 0.25) is 5.02 Å². The van der Waals surface area contributed by atoms with Gasteiger partial charge in [0, 0.05) is 39.1 Å². The van der Waals surface area contributed by atoms with Gasteiger partial charge in [0.05, 0.1) is 12.8 Å². The number of fused-ring (bicyclic) bond motifs is 1. The van der Waals surface area contributed by atoms with E-state index in [9.17, 15) is 19.5 Å². The molecule has 11 heteroatoms. The number of halogens is 1. The Balaban J connectivity index is 1.50. The second kappa shape index (κ2) is 11.0. The quantitative estimate of drug-likeness (QED) is 0.253. The topological polar surface area (TPSA) is 127 Å². The molecule has 0 fully saturated rings. The van der Waals surface area contributed by atoms with Crippen molar-refractivity contribution in [1.29, 1.82) is 0 Å². The Morgan fingerprint density at radius 2 is 1.83 bits per heavy atom. The smallest absolute Gasteiger partial charge is 0.412 e.